The average molecular weight is 305 g/mol. The van der Waals surface area contributed by atoms with Gasteiger partial charge in [-0.1, -0.05) is 71.9 Å². The Morgan fingerprint density at radius 1 is 1.00 bits per heavy atom. The van der Waals surface area contributed by atoms with Crippen LogP contribution in [0.4, 0.5) is 0 Å². The fraction of sp³-hybridized carbons (Fsp3) is 0.556. The summed E-state index contributed by atoms with van der Waals surface area (Å²) in [5.74, 6) is 0.732. The predicted molar refractivity (Wildman–Crippen MR) is 90.4 cm³/mol. The van der Waals surface area contributed by atoms with Crippen LogP contribution in [0.3, 0.4) is 0 Å². The van der Waals surface area contributed by atoms with Gasteiger partial charge in [0.15, 0.2) is 0 Å². The van der Waals surface area contributed by atoms with Crippen LogP contribution in [0.25, 0.3) is 0 Å². The van der Waals surface area contributed by atoms with E-state index in [0.29, 0.717) is 6.61 Å². The summed E-state index contributed by atoms with van der Waals surface area (Å²) in [6, 6.07) is 11.3. The molecule has 0 unspecified atom stereocenters. The van der Waals surface area contributed by atoms with Crippen molar-refractivity contribution >= 4 is 8.32 Å². The average Bonchev–Trinajstić information content (AvgIpc) is 2.82. The molecule has 2 rings (SSSR count). The lowest BCUT2D eigenvalue weighted by atomic mass is 10.2. The molecule has 0 spiro atoms. The number of hydrogen-bond donors (Lipinski definition) is 0. The number of ether oxygens (including phenoxy) is 1. The third-order valence-electron chi connectivity index (χ3n) is 4.48. The molecule has 0 aromatic heterocycles. The van der Waals surface area contributed by atoms with Crippen molar-refractivity contribution < 1.29 is 9.16 Å². The van der Waals surface area contributed by atoms with Gasteiger partial charge in [-0.3, -0.25) is 0 Å². The molecule has 21 heavy (non-hydrogen) atoms. The second kappa shape index (κ2) is 5.52. The molecule has 1 aliphatic heterocycles. The van der Waals surface area contributed by atoms with E-state index in [1.807, 2.05) is 18.2 Å². The molecule has 1 aliphatic rings. The van der Waals surface area contributed by atoms with Crippen LogP contribution in [0.5, 0.6) is 0 Å². The molecule has 0 radical (unpaired) electrons. The molecule has 1 heterocycles. The van der Waals surface area contributed by atoms with Gasteiger partial charge in [0.05, 0.1) is 0 Å². The van der Waals surface area contributed by atoms with Crippen molar-refractivity contribution in [2.45, 2.75) is 64.3 Å². The van der Waals surface area contributed by atoms with Crippen LogP contribution >= 0.6 is 0 Å². The van der Waals surface area contributed by atoms with Crippen molar-refractivity contribution in [3.8, 4) is 0 Å². The molecule has 0 atom stereocenters. The summed E-state index contributed by atoms with van der Waals surface area (Å²) in [4.78, 5) is 0. The molecular formula is C18H28O2Si. The first-order valence-corrected chi connectivity index (χ1v) is 9.83. The van der Waals surface area contributed by atoms with E-state index in [2.05, 4.69) is 59.8 Å². The fourth-order valence-corrected chi connectivity index (χ4v) is 8.45. The summed E-state index contributed by atoms with van der Waals surface area (Å²) >= 11 is 0. The standard InChI is InChI=1S/C18H28O2Si/c1-17(2,3)21(18(4,5)6)13-12-16(20-21)19-14-15-10-8-7-9-11-15/h7-12H,13-14H2,1-6H3. The second-order valence-corrected chi connectivity index (χ2v) is 13.2. The highest BCUT2D eigenvalue weighted by Gasteiger charge is 2.59. The Balaban J connectivity index is 2.07. The highest BCUT2D eigenvalue weighted by atomic mass is 28.4. The third-order valence-corrected chi connectivity index (χ3v) is 10.7. The van der Waals surface area contributed by atoms with Gasteiger partial charge in [0.25, 0.3) is 14.3 Å². The van der Waals surface area contributed by atoms with E-state index in [1.54, 1.807) is 0 Å². The van der Waals surface area contributed by atoms with Crippen molar-refractivity contribution in [1.82, 2.24) is 0 Å². The van der Waals surface area contributed by atoms with Crippen LogP contribution in [0.2, 0.25) is 16.1 Å². The molecule has 116 valence electrons. The zero-order valence-electron chi connectivity index (χ0n) is 14.2. The second-order valence-electron chi connectivity index (χ2n) is 7.93. The van der Waals surface area contributed by atoms with Crippen LogP contribution in [-0.4, -0.2) is 8.32 Å². The van der Waals surface area contributed by atoms with Crippen LogP contribution in [0.1, 0.15) is 47.1 Å². The number of hydrogen-bond acceptors (Lipinski definition) is 2. The van der Waals surface area contributed by atoms with Crippen molar-refractivity contribution in [2.75, 3.05) is 0 Å². The molecule has 1 aromatic carbocycles. The normalized spacial score (nSPS) is 18.1. The van der Waals surface area contributed by atoms with Gasteiger partial charge < -0.3 is 9.16 Å². The summed E-state index contributed by atoms with van der Waals surface area (Å²) in [6.45, 7) is 14.4. The number of benzene rings is 1. The summed E-state index contributed by atoms with van der Waals surface area (Å²) in [5.41, 5.74) is 1.17. The topological polar surface area (TPSA) is 18.5 Å². The molecule has 1 aromatic rings. The zero-order chi connectivity index (χ0) is 15.7. The molecule has 0 saturated carbocycles. The molecule has 0 bridgehead atoms. The zero-order valence-corrected chi connectivity index (χ0v) is 15.2. The van der Waals surface area contributed by atoms with E-state index in [0.717, 1.165) is 12.0 Å². The van der Waals surface area contributed by atoms with E-state index in [1.165, 1.54) is 5.56 Å². The van der Waals surface area contributed by atoms with Gasteiger partial charge in [0.2, 0.25) is 0 Å². The summed E-state index contributed by atoms with van der Waals surface area (Å²) in [5, 5.41) is 0.360. The summed E-state index contributed by atoms with van der Waals surface area (Å²) in [7, 11) is -1.95. The van der Waals surface area contributed by atoms with E-state index in [9.17, 15) is 0 Å². The van der Waals surface area contributed by atoms with Gasteiger partial charge in [-0.25, -0.2) is 0 Å². The molecule has 0 aliphatic carbocycles. The Hall–Kier alpha value is -1.22. The van der Waals surface area contributed by atoms with E-state index >= 15 is 0 Å². The number of allylic oxidation sites excluding steroid dienone is 1. The Morgan fingerprint density at radius 3 is 2.05 bits per heavy atom. The van der Waals surface area contributed by atoms with Crippen molar-refractivity contribution in [3.05, 3.63) is 47.9 Å². The van der Waals surface area contributed by atoms with E-state index < -0.39 is 8.32 Å². The number of rotatable bonds is 3. The maximum Gasteiger partial charge on any atom is 0.269 e. The van der Waals surface area contributed by atoms with Crippen molar-refractivity contribution in [3.63, 3.8) is 0 Å². The van der Waals surface area contributed by atoms with Gasteiger partial charge in [-0.15, -0.1) is 0 Å². The van der Waals surface area contributed by atoms with Gasteiger partial charge in [-0.2, -0.15) is 0 Å². The van der Waals surface area contributed by atoms with E-state index in [-0.39, 0.29) is 10.1 Å². The summed E-state index contributed by atoms with van der Waals surface area (Å²) < 4.78 is 12.4. The smallest absolute Gasteiger partial charge is 0.269 e. The first-order chi connectivity index (χ1) is 9.66. The molecule has 0 amide bonds. The Bertz CT molecular complexity index is 492. The monoisotopic (exact) mass is 304 g/mol. The highest BCUT2D eigenvalue weighted by Crippen LogP contribution is 2.57. The molecule has 0 saturated heterocycles. The van der Waals surface area contributed by atoms with Crippen molar-refractivity contribution in [1.29, 1.82) is 0 Å². The maximum absolute atomic E-state index is 6.48. The summed E-state index contributed by atoms with van der Waals surface area (Å²) in [6.07, 6.45) is 2.16. The lowest BCUT2D eigenvalue weighted by Gasteiger charge is -2.47. The quantitative estimate of drug-likeness (QED) is 0.675. The molecule has 2 nitrogen and oxygen atoms in total. The molecular weight excluding hydrogens is 276 g/mol. The van der Waals surface area contributed by atoms with Crippen molar-refractivity contribution in [2.24, 2.45) is 0 Å². The van der Waals surface area contributed by atoms with Crippen LogP contribution in [-0.2, 0) is 15.8 Å². The highest BCUT2D eigenvalue weighted by molar-refractivity contribution is 6.80. The predicted octanol–water partition coefficient (Wildman–Crippen LogP) is 5.62. The van der Waals surface area contributed by atoms with Crippen LogP contribution < -0.4 is 0 Å². The molecule has 0 N–H and O–H groups in total. The van der Waals surface area contributed by atoms with Crippen LogP contribution in [0.15, 0.2) is 42.4 Å². The minimum atomic E-state index is -1.95. The minimum absolute atomic E-state index is 0.180. The fourth-order valence-electron chi connectivity index (χ4n) is 3.34. The van der Waals surface area contributed by atoms with Crippen LogP contribution in [0, 0.1) is 0 Å². The SMILES string of the molecule is CC(C)(C)[Si]1(C(C)(C)C)CC=C(OCc2ccccc2)O1. The van der Waals surface area contributed by atoms with Gasteiger partial charge >= 0.3 is 0 Å². The lowest BCUT2D eigenvalue weighted by molar-refractivity contribution is 0.0894. The first-order valence-electron chi connectivity index (χ1n) is 7.72. The van der Waals surface area contributed by atoms with Gasteiger partial charge in [0, 0.05) is 6.04 Å². The van der Waals surface area contributed by atoms with Gasteiger partial charge in [0.1, 0.15) is 6.61 Å². The molecule has 0 fully saturated rings. The Labute approximate surface area is 130 Å². The lowest BCUT2D eigenvalue weighted by Crippen LogP contribution is -2.52. The Kier molecular flexibility index (Phi) is 4.25. The molecule has 3 heteroatoms. The van der Waals surface area contributed by atoms with E-state index in [4.69, 9.17) is 9.16 Å². The van der Waals surface area contributed by atoms with Gasteiger partial charge in [-0.05, 0) is 21.7 Å². The Morgan fingerprint density at radius 2 is 1.57 bits per heavy atom. The minimum Gasteiger partial charge on any atom is -0.518 e. The largest absolute Gasteiger partial charge is 0.518 e. The first kappa shape index (κ1) is 16.2. The third kappa shape index (κ3) is 3.18. The maximum atomic E-state index is 6.48.